The first-order chi connectivity index (χ1) is 8.28. The summed E-state index contributed by atoms with van der Waals surface area (Å²) in [6, 6.07) is 3.57. The Kier molecular flexibility index (Phi) is 3.41. The van der Waals surface area contributed by atoms with Gasteiger partial charge in [0, 0.05) is 12.3 Å². The Balaban J connectivity index is 2.06. The van der Waals surface area contributed by atoms with Gasteiger partial charge in [0.1, 0.15) is 23.8 Å². The Morgan fingerprint density at radius 1 is 1.29 bits per heavy atom. The topological polar surface area (TPSA) is 102 Å². The Labute approximate surface area is 98.5 Å². The highest BCUT2D eigenvalue weighted by atomic mass is 15.3. The molecular formula is C10H13N7. The van der Waals surface area contributed by atoms with Gasteiger partial charge >= 0.3 is 0 Å². The van der Waals surface area contributed by atoms with E-state index in [9.17, 15) is 0 Å². The molecule has 0 unspecified atom stereocenters. The number of hydrogen-bond acceptors (Lipinski definition) is 7. The fourth-order valence-electron chi connectivity index (χ4n) is 1.34. The maximum absolute atomic E-state index is 5.31. The smallest absolute Gasteiger partial charge is 0.145 e. The molecule has 0 atom stereocenters. The van der Waals surface area contributed by atoms with Crippen LogP contribution in [0.2, 0.25) is 0 Å². The van der Waals surface area contributed by atoms with E-state index in [0.717, 1.165) is 5.69 Å². The second-order valence-electron chi connectivity index (χ2n) is 3.38. The molecule has 0 amide bonds. The number of rotatable bonds is 4. The van der Waals surface area contributed by atoms with E-state index < -0.39 is 0 Å². The van der Waals surface area contributed by atoms with E-state index in [0.29, 0.717) is 24.0 Å². The van der Waals surface area contributed by atoms with Gasteiger partial charge in [-0.25, -0.2) is 25.8 Å². The van der Waals surface area contributed by atoms with Gasteiger partial charge in [-0.1, -0.05) is 0 Å². The van der Waals surface area contributed by atoms with Crippen LogP contribution in [0.4, 0.5) is 11.6 Å². The van der Waals surface area contributed by atoms with Crippen LogP contribution in [0.25, 0.3) is 0 Å². The van der Waals surface area contributed by atoms with Crippen LogP contribution in [0.1, 0.15) is 11.5 Å². The van der Waals surface area contributed by atoms with Crippen molar-refractivity contribution < 1.29 is 0 Å². The van der Waals surface area contributed by atoms with E-state index in [1.54, 1.807) is 19.2 Å². The summed E-state index contributed by atoms with van der Waals surface area (Å²) in [7, 11) is 0. The first-order valence-electron chi connectivity index (χ1n) is 5.09. The average Bonchev–Trinajstić information content (AvgIpc) is 2.37. The summed E-state index contributed by atoms with van der Waals surface area (Å²) in [5.41, 5.74) is 3.38. The molecule has 7 heteroatoms. The highest BCUT2D eigenvalue weighted by molar-refractivity contribution is 5.46. The van der Waals surface area contributed by atoms with Crippen molar-refractivity contribution in [2.75, 3.05) is 10.7 Å². The van der Waals surface area contributed by atoms with Crippen molar-refractivity contribution in [3.63, 3.8) is 0 Å². The minimum atomic E-state index is 0.572. The molecule has 0 radical (unpaired) electrons. The molecule has 0 saturated carbocycles. The van der Waals surface area contributed by atoms with Crippen molar-refractivity contribution >= 4 is 11.6 Å². The number of anilines is 2. The number of hydrazine groups is 1. The molecule has 7 nitrogen and oxygen atoms in total. The van der Waals surface area contributed by atoms with Crippen LogP contribution >= 0.6 is 0 Å². The highest BCUT2D eigenvalue weighted by Crippen LogP contribution is 2.10. The normalized spacial score (nSPS) is 10.0. The number of nitrogens with two attached hydrogens (primary N) is 1. The molecule has 2 heterocycles. The van der Waals surface area contributed by atoms with Gasteiger partial charge < -0.3 is 10.7 Å². The lowest BCUT2D eigenvalue weighted by Crippen LogP contribution is -2.11. The monoisotopic (exact) mass is 231 g/mol. The van der Waals surface area contributed by atoms with Crippen molar-refractivity contribution in [3.8, 4) is 0 Å². The molecule has 17 heavy (non-hydrogen) atoms. The average molecular weight is 231 g/mol. The molecule has 0 bridgehead atoms. The van der Waals surface area contributed by atoms with Gasteiger partial charge in [-0.05, 0) is 13.0 Å². The van der Waals surface area contributed by atoms with E-state index in [-0.39, 0.29) is 0 Å². The van der Waals surface area contributed by atoms with Gasteiger partial charge in [0.15, 0.2) is 0 Å². The van der Waals surface area contributed by atoms with Crippen LogP contribution in [0.5, 0.6) is 0 Å². The number of nitrogens with zero attached hydrogens (tertiary/aromatic N) is 4. The summed E-state index contributed by atoms with van der Waals surface area (Å²) in [4.78, 5) is 16.3. The largest absolute Gasteiger partial charge is 0.364 e. The van der Waals surface area contributed by atoms with Crippen molar-refractivity contribution in [1.29, 1.82) is 0 Å². The molecule has 2 rings (SSSR count). The second-order valence-corrected chi connectivity index (χ2v) is 3.38. The summed E-state index contributed by atoms with van der Waals surface area (Å²) in [5, 5.41) is 3.14. The summed E-state index contributed by atoms with van der Waals surface area (Å²) in [6.07, 6.45) is 3.21. The van der Waals surface area contributed by atoms with Crippen LogP contribution in [-0.4, -0.2) is 19.9 Å². The van der Waals surface area contributed by atoms with Crippen LogP contribution in [0, 0.1) is 6.92 Å². The number of aromatic nitrogens is 4. The molecule has 0 aromatic carbocycles. The molecule has 0 aliphatic carbocycles. The van der Waals surface area contributed by atoms with Gasteiger partial charge in [0.25, 0.3) is 0 Å². The van der Waals surface area contributed by atoms with Gasteiger partial charge in [0.2, 0.25) is 0 Å². The molecule has 4 N–H and O–H groups in total. The van der Waals surface area contributed by atoms with E-state index in [2.05, 4.69) is 30.7 Å². The molecule has 88 valence electrons. The predicted octanol–water partition coefficient (Wildman–Crippen LogP) is 0.473. The number of hydrogen-bond donors (Lipinski definition) is 3. The summed E-state index contributed by atoms with van der Waals surface area (Å²) < 4.78 is 0. The Morgan fingerprint density at radius 2 is 2.12 bits per heavy atom. The fourth-order valence-corrected chi connectivity index (χ4v) is 1.34. The minimum absolute atomic E-state index is 0.572. The molecule has 0 aliphatic heterocycles. The zero-order valence-electron chi connectivity index (χ0n) is 9.38. The maximum Gasteiger partial charge on any atom is 0.145 e. The van der Waals surface area contributed by atoms with Gasteiger partial charge in [-0.15, -0.1) is 0 Å². The molecule has 2 aromatic heterocycles. The molecular weight excluding hydrogens is 218 g/mol. The summed E-state index contributed by atoms with van der Waals surface area (Å²) >= 11 is 0. The SMILES string of the molecule is Cc1nc(NN)cc(NCc2ccncn2)n1. The maximum atomic E-state index is 5.31. The van der Waals surface area contributed by atoms with Crippen LogP contribution in [0.15, 0.2) is 24.7 Å². The minimum Gasteiger partial charge on any atom is -0.364 e. The zero-order chi connectivity index (χ0) is 12.1. The van der Waals surface area contributed by atoms with Crippen molar-refractivity contribution in [2.45, 2.75) is 13.5 Å². The van der Waals surface area contributed by atoms with E-state index in [4.69, 9.17) is 5.84 Å². The lowest BCUT2D eigenvalue weighted by Gasteiger charge is -2.07. The van der Waals surface area contributed by atoms with E-state index in [1.165, 1.54) is 6.33 Å². The van der Waals surface area contributed by atoms with E-state index >= 15 is 0 Å². The third kappa shape index (κ3) is 3.08. The van der Waals surface area contributed by atoms with Gasteiger partial charge in [0.05, 0.1) is 12.2 Å². The third-order valence-corrected chi connectivity index (χ3v) is 2.08. The number of nitrogen functional groups attached to an aromatic ring is 1. The van der Waals surface area contributed by atoms with Gasteiger partial charge in [-0.2, -0.15) is 0 Å². The number of nitrogens with one attached hydrogen (secondary N) is 2. The molecule has 0 fully saturated rings. The van der Waals surface area contributed by atoms with Crippen LogP contribution in [0.3, 0.4) is 0 Å². The summed E-state index contributed by atoms with van der Waals surface area (Å²) in [5.74, 6) is 7.22. The molecule has 0 aliphatic rings. The quantitative estimate of drug-likeness (QED) is 0.519. The lowest BCUT2D eigenvalue weighted by atomic mass is 10.4. The lowest BCUT2D eigenvalue weighted by molar-refractivity contribution is 0.975. The Hall–Kier alpha value is -2.28. The fraction of sp³-hybridized carbons (Fsp3) is 0.200. The Bertz CT molecular complexity index is 485. The van der Waals surface area contributed by atoms with Gasteiger partial charge in [-0.3, -0.25) is 0 Å². The van der Waals surface area contributed by atoms with Crippen molar-refractivity contribution in [3.05, 3.63) is 36.2 Å². The molecule has 0 spiro atoms. The Morgan fingerprint density at radius 3 is 2.82 bits per heavy atom. The second kappa shape index (κ2) is 5.17. The van der Waals surface area contributed by atoms with Crippen molar-refractivity contribution in [1.82, 2.24) is 19.9 Å². The van der Waals surface area contributed by atoms with Crippen LogP contribution in [-0.2, 0) is 6.54 Å². The predicted molar refractivity (Wildman–Crippen MR) is 63.9 cm³/mol. The van der Waals surface area contributed by atoms with E-state index in [1.807, 2.05) is 6.07 Å². The standard InChI is InChI=1S/C10H13N7/c1-7-15-9(4-10(16-7)17-11)13-5-8-2-3-12-6-14-8/h2-4,6H,5,11H2,1H3,(H2,13,15,16,17). The first-order valence-corrected chi connectivity index (χ1v) is 5.09. The van der Waals surface area contributed by atoms with Crippen molar-refractivity contribution in [2.24, 2.45) is 5.84 Å². The highest BCUT2D eigenvalue weighted by Gasteiger charge is 2.00. The summed E-state index contributed by atoms with van der Waals surface area (Å²) in [6.45, 7) is 2.37. The zero-order valence-corrected chi connectivity index (χ0v) is 9.38. The van der Waals surface area contributed by atoms with Crippen LogP contribution < -0.4 is 16.6 Å². The number of aryl methyl sites for hydroxylation is 1. The molecule has 2 aromatic rings. The first kappa shape index (κ1) is 11.2. The molecule has 0 saturated heterocycles. The third-order valence-electron chi connectivity index (χ3n) is 2.08.